The fraction of sp³-hybridized carbons (Fsp3) is 0.625. The average Bonchev–Trinajstić information content (AvgIpc) is 2.74. The minimum Gasteiger partial charge on any atom is -0.434 e. The second-order valence-electron chi connectivity index (χ2n) is 6.76. The van der Waals surface area contributed by atoms with E-state index >= 15 is 0 Å². The molecule has 0 unspecified atom stereocenters. The summed E-state index contributed by atoms with van der Waals surface area (Å²) in [7, 11) is 0. The highest BCUT2D eigenvalue weighted by Gasteiger charge is 2.63. The first-order valence-corrected chi connectivity index (χ1v) is 7.48. The largest absolute Gasteiger partial charge is 0.434 e. The first kappa shape index (κ1) is 16.5. The highest BCUT2D eigenvalue weighted by Crippen LogP contribution is 2.67. The fourth-order valence-corrected chi connectivity index (χ4v) is 3.29. The minimum absolute atomic E-state index is 0.177. The first-order valence-electron chi connectivity index (χ1n) is 7.10. The molecule has 0 atom stereocenters. The van der Waals surface area contributed by atoms with Gasteiger partial charge >= 0.3 is 6.61 Å². The Morgan fingerprint density at radius 3 is 2.38 bits per heavy atom. The Morgan fingerprint density at radius 1 is 1.24 bits per heavy atom. The Labute approximate surface area is 129 Å². The summed E-state index contributed by atoms with van der Waals surface area (Å²) in [5, 5.41) is 3.85. The molecule has 21 heavy (non-hydrogen) atoms. The van der Waals surface area contributed by atoms with Crippen molar-refractivity contribution in [2.75, 3.05) is 6.54 Å². The third-order valence-electron chi connectivity index (χ3n) is 5.22. The van der Waals surface area contributed by atoms with Gasteiger partial charge in [-0.05, 0) is 41.5 Å². The van der Waals surface area contributed by atoms with E-state index < -0.39 is 6.61 Å². The van der Waals surface area contributed by atoms with E-state index in [1.807, 2.05) is 0 Å². The van der Waals surface area contributed by atoms with Crippen molar-refractivity contribution in [2.24, 2.45) is 16.7 Å². The third kappa shape index (κ3) is 3.32. The van der Waals surface area contributed by atoms with Gasteiger partial charge < -0.3 is 10.1 Å². The van der Waals surface area contributed by atoms with Gasteiger partial charge in [-0.1, -0.05) is 39.3 Å². The fourth-order valence-electron chi connectivity index (χ4n) is 3.09. The molecule has 0 spiro atoms. The zero-order chi connectivity index (χ0) is 15.8. The van der Waals surface area contributed by atoms with Crippen molar-refractivity contribution in [3.63, 3.8) is 0 Å². The van der Waals surface area contributed by atoms with Crippen LogP contribution in [-0.2, 0) is 6.54 Å². The van der Waals surface area contributed by atoms with Gasteiger partial charge in [-0.25, -0.2) is 0 Å². The maximum Gasteiger partial charge on any atom is 0.387 e. The van der Waals surface area contributed by atoms with Crippen molar-refractivity contribution in [2.45, 2.75) is 40.9 Å². The van der Waals surface area contributed by atoms with Gasteiger partial charge in [-0.3, -0.25) is 0 Å². The van der Waals surface area contributed by atoms with E-state index in [0.717, 1.165) is 6.54 Å². The van der Waals surface area contributed by atoms with Crippen LogP contribution in [0.1, 0.15) is 33.3 Å². The van der Waals surface area contributed by atoms with Crippen molar-refractivity contribution >= 4 is 11.6 Å². The molecule has 1 aliphatic rings. The zero-order valence-corrected chi connectivity index (χ0v) is 13.6. The minimum atomic E-state index is -2.83. The smallest absolute Gasteiger partial charge is 0.387 e. The van der Waals surface area contributed by atoms with Crippen LogP contribution in [0.4, 0.5) is 8.78 Å². The van der Waals surface area contributed by atoms with Crippen LogP contribution < -0.4 is 10.1 Å². The van der Waals surface area contributed by atoms with Crippen LogP contribution >= 0.6 is 11.6 Å². The van der Waals surface area contributed by atoms with E-state index in [0.29, 0.717) is 33.9 Å². The number of halogens is 3. The molecule has 0 saturated heterocycles. The van der Waals surface area contributed by atoms with Crippen molar-refractivity contribution in [3.05, 3.63) is 28.8 Å². The van der Waals surface area contributed by atoms with Gasteiger partial charge in [-0.15, -0.1) is 0 Å². The first-order chi connectivity index (χ1) is 9.66. The molecular weight excluding hydrogens is 296 g/mol. The summed E-state index contributed by atoms with van der Waals surface area (Å²) < 4.78 is 29.3. The lowest BCUT2D eigenvalue weighted by atomic mass is 10.0. The number of benzene rings is 1. The van der Waals surface area contributed by atoms with Crippen LogP contribution in [0.15, 0.2) is 18.2 Å². The van der Waals surface area contributed by atoms with Crippen molar-refractivity contribution in [3.8, 4) is 5.75 Å². The summed E-state index contributed by atoms with van der Waals surface area (Å²) in [6.45, 7) is 7.50. The standard InChI is InChI=1S/C16H22ClF2NO/c1-15(2)13(16(15,3)4)9-20-8-10-7-11(17)5-6-12(10)21-14(18)19/h5-7,13-14,20H,8-9H2,1-4H3. The molecule has 1 N–H and O–H groups in total. The van der Waals surface area contributed by atoms with Gasteiger partial charge in [0.15, 0.2) is 0 Å². The molecule has 2 rings (SSSR count). The van der Waals surface area contributed by atoms with Gasteiger partial charge in [0, 0.05) is 17.1 Å². The van der Waals surface area contributed by atoms with Gasteiger partial charge in [-0.2, -0.15) is 8.78 Å². The molecule has 118 valence electrons. The predicted octanol–water partition coefficient (Wildman–Crippen LogP) is 4.71. The van der Waals surface area contributed by atoms with Gasteiger partial charge in [0.2, 0.25) is 0 Å². The van der Waals surface area contributed by atoms with Gasteiger partial charge in [0.1, 0.15) is 5.75 Å². The van der Waals surface area contributed by atoms with Crippen molar-refractivity contribution in [1.82, 2.24) is 5.32 Å². The maximum atomic E-state index is 12.4. The summed E-state index contributed by atoms with van der Waals surface area (Å²) in [5.74, 6) is 0.750. The predicted molar refractivity (Wildman–Crippen MR) is 80.8 cm³/mol. The van der Waals surface area contributed by atoms with Crippen LogP contribution in [0.25, 0.3) is 0 Å². The van der Waals surface area contributed by atoms with E-state index in [-0.39, 0.29) is 5.75 Å². The Balaban J connectivity index is 1.96. The summed E-state index contributed by atoms with van der Waals surface area (Å²) in [6, 6.07) is 4.70. The van der Waals surface area contributed by atoms with E-state index in [1.165, 1.54) is 6.07 Å². The molecule has 1 aromatic rings. The number of hydrogen-bond donors (Lipinski definition) is 1. The molecule has 0 aliphatic heterocycles. The lowest BCUT2D eigenvalue weighted by Crippen LogP contribution is -2.19. The number of alkyl halides is 2. The summed E-state index contributed by atoms with van der Waals surface area (Å²) >= 11 is 5.93. The second-order valence-corrected chi connectivity index (χ2v) is 7.19. The monoisotopic (exact) mass is 317 g/mol. The van der Waals surface area contributed by atoms with Crippen LogP contribution in [0.3, 0.4) is 0 Å². The molecule has 0 bridgehead atoms. The molecule has 1 aliphatic carbocycles. The van der Waals surface area contributed by atoms with Crippen LogP contribution in [0.2, 0.25) is 5.02 Å². The highest BCUT2D eigenvalue weighted by atomic mass is 35.5. The molecule has 1 fully saturated rings. The zero-order valence-electron chi connectivity index (χ0n) is 12.8. The number of ether oxygens (including phenoxy) is 1. The number of nitrogens with one attached hydrogen (secondary N) is 1. The molecule has 1 saturated carbocycles. The molecule has 5 heteroatoms. The van der Waals surface area contributed by atoms with Crippen LogP contribution in [0.5, 0.6) is 5.75 Å². The highest BCUT2D eigenvalue weighted by molar-refractivity contribution is 6.30. The summed E-state index contributed by atoms with van der Waals surface area (Å²) in [6.07, 6.45) is 0. The topological polar surface area (TPSA) is 21.3 Å². The number of hydrogen-bond acceptors (Lipinski definition) is 2. The van der Waals surface area contributed by atoms with E-state index in [9.17, 15) is 8.78 Å². The lowest BCUT2D eigenvalue weighted by molar-refractivity contribution is -0.0504. The normalized spacial score (nSPS) is 19.8. The SMILES string of the molecule is CC1(C)C(CNCc2cc(Cl)ccc2OC(F)F)C1(C)C. The second kappa shape index (κ2) is 5.73. The molecule has 2 nitrogen and oxygen atoms in total. The van der Waals surface area contributed by atoms with Crippen molar-refractivity contribution in [1.29, 1.82) is 0 Å². The van der Waals surface area contributed by atoms with Crippen LogP contribution in [0, 0.1) is 16.7 Å². The van der Waals surface area contributed by atoms with Gasteiger partial charge in [0.25, 0.3) is 0 Å². The molecule has 0 radical (unpaired) electrons. The molecule has 1 aromatic carbocycles. The quantitative estimate of drug-likeness (QED) is 0.820. The van der Waals surface area contributed by atoms with Gasteiger partial charge in [0.05, 0.1) is 0 Å². The summed E-state index contributed by atoms with van der Waals surface area (Å²) in [4.78, 5) is 0. The molecule has 0 heterocycles. The van der Waals surface area contributed by atoms with E-state index in [1.54, 1.807) is 12.1 Å². The molecule has 0 aromatic heterocycles. The van der Waals surface area contributed by atoms with E-state index in [4.69, 9.17) is 11.6 Å². The average molecular weight is 318 g/mol. The van der Waals surface area contributed by atoms with Crippen LogP contribution in [-0.4, -0.2) is 13.2 Å². The maximum absolute atomic E-state index is 12.4. The lowest BCUT2D eigenvalue weighted by Gasteiger charge is -2.12. The Hall–Kier alpha value is -0.870. The Morgan fingerprint density at radius 2 is 1.86 bits per heavy atom. The molecular formula is C16H22ClF2NO. The van der Waals surface area contributed by atoms with E-state index in [2.05, 4.69) is 37.7 Å². The molecule has 0 amide bonds. The Bertz CT molecular complexity index is 503. The third-order valence-corrected chi connectivity index (χ3v) is 5.46. The van der Waals surface area contributed by atoms with Crippen molar-refractivity contribution < 1.29 is 13.5 Å². The number of rotatable bonds is 6. The Kier molecular flexibility index (Phi) is 4.50. The summed E-state index contributed by atoms with van der Waals surface area (Å²) in [5.41, 5.74) is 1.26.